The van der Waals surface area contributed by atoms with Crippen molar-refractivity contribution in [3.8, 4) is 0 Å². The third-order valence-corrected chi connectivity index (χ3v) is 3.36. The van der Waals surface area contributed by atoms with E-state index in [4.69, 9.17) is 10.5 Å². The summed E-state index contributed by atoms with van der Waals surface area (Å²) in [5.74, 6) is -0.256. The highest BCUT2D eigenvalue weighted by Crippen LogP contribution is 2.20. The lowest BCUT2D eigenvalue weighted by Gasteiger charge is -2.42. The molecule has 1 aliphatic rings. The molecule has 2 atom stereocenters. The molecule has 0 saturated carbocycles. The summed E-state index contributed by atoms with van der Waals surface area (Å²) in [6.07, 6.45) is 2.00. The Balaban J connectivity index is 2.42. The van der Waals surface area contributed by atoms with Crippen LogP contribution in [0.4, 0.5) is 0 Å². The molecule has 0 aromatic carbocycles. The maximum absolute atomic E-state index is 11.4. The van der Waals surface area contributed by atoms with E-state index in [1.807, 2.05) is 0 Å². The van der Waals surface area contributed by atoms with E-state index < -0.39 is 0 Å². The summed E-state index contributed by atoms with van der Waals surface area (Å²) in [5.41, 5.74) is 5.31. The third kappa shape index (κ3) is 5.89. The fourth-order valence-corrected chi connectivity index (χ4v) is 2.73. The second kappa shape index (κ2) is 7.22. The molecule has 112 valence electrons. The van der Waals surface area contributed by atoms with E-state index in [1.54, 1.807) is 0 Å². The third-order valence-electron chi connectivity index (χ3n) is 3.36. The lowest BCUT2D eigenvalue weighted by molar-refractivity contribution is -0.130. The molecule has 0 aliphatic carbocycles. The van der Waals surface area contributed by atoms with E-state index in [1.165, 1.54) is 0 Å². The molecule has 5 heteroatoms. The topological polar surface area (TPSA) is 67.6 Å². The number of hydrogen-bond donors (Lipinski definition) is 2. The van der Waals surface area contributed by atoms with Crippen LogP contribution in [0.1, 0.15) is 40.5 Å². The molecule has 1 rings (SSSR count). The highest BCUT2D eigenvalue weighted by atomic mass is 16.5. The maximum Gasteiger partial charge on any atom is 0.234 e. The summed E-state index contributed by atoms with van der Waals surface area (Å²) in [6.45, 7) is 11.9. The molecular formula is C14H29N3O2. The van der Waals surface area contributed by atoms with Crippen molar-refractivity contribution < 1.29 is 9.53 Å². The standard InChI is InChI=1S/C14H29N3O2/c1-5-7-16-12(13(15)18)6-8-17-9-11(2)19-14(3,4)10-17/h11-12,16H,5-10H2,1-4H3,(H2,15,18). The Morgan fingerprint density at radius 2 is 2.26 bits per heavy atom. The van der Waals surface area contributed by atoms with Gasteiger partial charge in [-0.15, -0.1) is 0 Å². The minimum absolute atomic E-state index is 0.114. The van der Waals surface area contributed by atoms with Gasteiger partial charge in [-0.3, -0.25) is 9.69 Å². The quantitative estimate of drug-likeness (QED) is 0.716. The van der Waals surface area contributed by atoms with Crippen LogP contribution in [0.3, 0.4) is 0 Å². The van der Waals surface area contributed by atoms with Gasteiger partial charge in [0.25, 0.3) is 0 Å². The smallest absolute Gasteiger partial charge is 0.234 e. The number of morpholine rings is 1. The van der Waals surface area contributed by atoms with Gasteiger partial charge < -0.3 is 15.8 Å². The average Bonchev–Trinajstić information content (AvgIpc) is 2.25. The van der Waals surface area contributed by atoms with Crippen LogP contribution in [0.15, 0.2) is 0 Å². The molecule has 0 aromatic rings. The Morgan fingerprint density at radius 1 is 1.58 bits per heavy atom. The summed E-state index contributed by atoms with van der Waals surface area (Å²) >= 11 is 0. The van der Waals surface area contributed by atoms with E-state index in [9.17, 15) is 4.79 Å². The average molecular weight is 271 g/mol. The first-order chi connectivity index (χ1) is 8.84. The monoisotopic (exact) mass is 271 g/mol. The number of ether oxygens (including phenoxy) is 1. The molecule has 0 bridgehead atoms. The highest BCUT2D eigenvalue weighted by molar-refractivity contribution is 5.79. The van der Waals surface area contributed by atoms with Gasteiger partial charge >= 0.3 is 0 Å². The number of amides is 1. The summed E-state index contributed by atoms with van der Waals surface area (Å²) in [4.78, 5) is 13.7. The van der Waals surface area contributed by atoms with Gasteiger partial charge in [-0.2, -0.15) is 0 Å². The van der Waals surface area contributed by atoms with Gasteiger partial charge in [0.2, 0.25) is 5.91 Å². The fraction of sp³-hybridized carbons (Fsp3) is 0.929. The van der Waals surface area contributed by atoms with E-state index in [0.717, 1.165) is 39.0 Å². The first kappa shape index (κ1) is 16.4. The van der Waals surface area contributed by atoms with Gasteiger partial charge in [0.1, 0.15) is 0 Å². The zero-order valence-electron chi connectivity index (χ0n) is 12.7. The molecule has 1 saturated heterocycles. The molecule has 0 spiro atoms. The van der Waals surface area contributed by atoms with Crippen molar-refractivity contribution in [3.63, 3.8) is 0 Å². The lowest BCUT2D eigenvalue weighted by Crippen LogP contribution is -2.53. The van der Waals surface area contributed by atoms with Gasteiger partial charge in [-0.25, -0.2) is 0 Å². The van der Waals surface area contributed by atoms with Gasteiger partial charge in [-0.05, 0) is 40.2 Å². The molecule has 3 N–H and O–H groups in total. The van der Waals surface area contributed by atoms with Crippen LogP contribution in [-0.2, 0) is 9.53 Å². The summed E-state index contributed by atoms with van der Waals surface area (Å²) in [5, 5.41) is 3.21. The molecule has 1 amide bonds. The molecule has 0 aromatic heterocycles. The molecule has 1 fully saturated rings. The van der Waals surface area contributed by atoms with E-state index in [2.05, 4.69) is 37.9 Å². The van der Waals surface area contributed by atoms with Crippen LogP contribution in [0.2, 0.25) is 0 Å². The highest BCUT2D eigenvalue weighted by Gasteiger charge is 2.31. The van der Waals surface area contributed by atoms with Gasteiger partial charge in [0.05, 0.1) is 17.7 Å². The van der Waals surface area contributed by atoms with E-state index >= 15 is 0 Å². The van der Waals surface area contributed by atoms with Crippen LogP contribution in [-0.4, -0.2) is 54.7 Å². The number of nitrogens with two attached hydrogens (primary N) is 1. The largest absolute Gasteiger partial charge is 0.370 e. The second-order valence-corrected chi connectivity index (χ2v) is 6.12. The minimum Gasteiger partial charge on any atom is -0.370 e. The summed E-state index contributed by atoms with van der Waals surface area (Å²) < 4.78 is 5.87. The Bertz CT molecular complexity index is 294. The lowest BCUT2D eigenvalue weighted by atomic mass is 10.0. The Labute approximate surface area is 116 Å². The maximum atomic E-state index is 11.4. The summed E-state index contributed by atoms with van der Waals surface area (Å²) in [7, 11) is 0. The van der Waals surface area contributed by atoms with Crippen molar-refractivity contribution in [2.45, 2.75) is 58.3 Å². The molecule has 5 nitrogen and oxygen atoms in total. The number of rotatable bonds is 7. The van der Waals surface area contributed by atoms with Crippen LogP contribution in [0, 0.1) is 0 Å². The van der Waals surface area contributed by atoms with Gasteiger partial charge in [-0.1, -0.05) is 6.92 Å². The molecule has 0 radical (unpaired) electrons. The van der Waals surface area contributed by atoms with Crippen LogP contribution in [0.25, 0.3) is 0 Å². The Morgan fingerprint density at radius 3 is 2.79 bits per heavy atom. The Kier molecular flexibility index (Phi) is 6.23. The zero-order chi connectivity index (χ0) is 14.5. The number of nitrogens with one attached hydrogen (secondary N) is 1. The van der Waals surface area contributed by atoms with Crippen molar-refractivity contribution in [3.05, 3.63) is 0 Å². The zero-order valence-corrected chi connectivity index (χ0v) is 12.7. The first-order valence-electron chi connectivity index (χ1n) is 7.27. The number of primary amides is 1. The van der Waals surface area contributed by atoms with Crippen molar-refractivity contribution in [2.75, 3.05) is 26.2 Å². The van der Waals surface area contributed by atoms with Crippen LogP contribution in [0.5, 0.6) is 0 Å². The fourth-order valence-electron chi connectivity index (χ4n) is 2.73. The Hall–Kier alpha value is -0.650. The summed E-state index contributed by atoms with van der Waals surface area (Å²) in [6, 6.07) is -0.221. The number of hydrogen-bond acceptors (Lipinski definition) is 4. The number of nitrogens with zero attached hydrogens (tertiary/aromatic N) is 1. The van der Waals surface area contributed by atoms with Crippen molar-refractivity contribution in [1.29, 1.82) is 0 Å². The SMILES string of the molecule is CCCNC(CCN1CC(C)OC(C)(C)C1)C(N)=O. The number of carbonyl (C=O) groups is 1. The van der Waals surface area contributed by atoms with Crippen molar-refractivity contribution >= 4 is 5.91 Å². The molecule has 19 heavy (non-hydrogen) atoms. The van der Waals surface area contributed by atoms with E-state index in [0.29, 0.717) is 0 Å². The normalized spacial score (nSPS) is 25.2. The predicted molar refractivity (Wildman–Crippen MR) is 77.0 cm³/mol. The number of carbonyl (C=O) groups excluding carboxylic acids is 1. The van der Waals surface area contributed by atoms with Crippen molar-refractivity contribution in [2.24, 2.45) is 5.73 Å². The first-order valence-corrected chi connectivity index (χ1v) is 7.27. The molecule has 1 heterocycles. The minimum atomic E-state index is -0.256. The van der Waals surface area contributed by atoms with E-state index in [-0.39, 0.29) is 23.7 Å². The van der Waals surface area contributed by atoms with Crippen molar-refractivity contribution in [1.82, 2.24) is 10.2 Å². The van der Waals surface area contributed by atoms with Crippen LogP contribution < -0.4 is 11.1 Å². The second-order valence-electron chi connectivity index (χ2n) is 6.12. The van der Waals surface area contributed by atoms with Gasteiger partial charge in [0.15, 0.2) is 0 Å². The predicted octanol–water partition coefficient (Wildman–Crippen LogP) is 0.729. The molecule has 2 unspecified atom stereocenters. The van der Waals surface area contributed by atoms with Gasteiger partial charge in [0, 0.05) is 19.6 Å². The molecule has 1 aliphatic heterocycles. The van der Waals surface area contributed by atoms with Crippen LogP contribution >= 0.6 is 0 Å². The molecular weight excluding hydrogens is 242 g/mol.